The van der Waals surface area contributed by atoms with Crippen molar-refractivity contribution in [3.8, 4) is 0 Å². The molecule has 0 radical (unpaired) electrons. The smallest absolute Gasteiger partial charge is 0.191 e. The number of aromatic nitrogens is 2. The number of guanidine groups is 1. The van der Waals surface area contributed by atoms with Gasteiger partial charge in [0.2, 0.25) is 0 Å². The number of aryl methyl sites for hydroxylation is 1. The fourth-order valence-corrected chi connectivity index (χ4v) is 3.14. The van der Waals surface area contributed by atoms with Crippen molar-refractivity contribution >= 4 is 29.9 Å². The molecule has 0 unspecified atom stereocenters. The van der Waals surface area contributed by atoms with E-state index < -0.39 is 0 Å². The van der Waals surface area contributed by atoms with Crippen molar-refractivity contribution in [2.24, 2.45) is 12.0 Å². The molecule has 28 heavy (non-hydrogen) atoms. The lowest BCUT2D eigenvalue weighted by Gasteiger charge is -2.20. The van der Waals surface area contributed by atoms with E-state index in [1.165, 1.54) is 16.7 Å². The van der Waals surface area contributed by atoms with Gasteiger partial charge in [-0.25, -0.2) is 0 Å². The molecular formula is C22H28IN5. The number of aliphatic imine (C=N–C) groups is 1. The molecule has 2 N–H and O–H groups in total. The number of halogens is 1. The van der Waals surface area contributed by atoms with E-state index in [9.17, 15) is 0 Å². The first-order chi connectivity index (χ1) is 13.3. The van der Waals surface area contributed by atoms with Crippen molar-refractivity contribution in [1.82, 2.24) is 20.4 Å². The van der Waals surface area contributed by atoms with Gasteiger partial charge < -0.3 is 10.6 Å². The molecule has 0 fully saturated rings. The van der Waals surface area contributed by atoms with Gasteiger partial charge in [-0.2, -0.15) is 5.10 Å². The average Bonchev–Trinajstić information content (AvgIpc) is 3.13. The van der Waals surface area contributed by atoms with Crippen LogP contribution in [-0.4, -0.2) is 35.9 Å². The highest BCUT2D eigenvalue weighted by Gasteiger charge is 2.14. The Labute approximate surface area is 184 Å². The quantitative estimate of drug-likeness (QED) is 0.303. The SMILES string of the molecule is CN=C(NCCc1cnn(C)c1)NCC(c1ccccc1)c1ccccc1.I. The van der Waals surface area contributed by atoms with E-state index in [1.54, 1.807) is 7.05 Å². The van der Waals surface area contributed by atoms with Crippen molar-refractivity contribution in [1.29, 1.82) is 0 Å². The van der Waals surface area contributed by atoms with E-state index in [0.717, 1.165) is 25.5 Å². The second-order valence-corrected chi connectivity index (χ2v) is 6.53. The first-order valence-electron chi connectivity index (χ1n) is 9.28. The van der Waals surface area contributed by atoms with Crippen LogP contribution in [0.1, 0.15) is 22.6 Å². The highest BCUT2D eigenvalue weighted by Crippen LogP contribution is 2.23. The molecule has 1 heterocycles. The highest BCUT2D eigenvalue weighted by molar-refractivity contribution is 14.0. The lowest BCUT2D eigenvalue weighted by molar-refractivity contribution is 0.725. The minimum atomic E-state index is 0. The van der Waals surface area contributed by atoms with Crippen molar-refractivity contribution in [3.05, 3.63) is 89.7 Å². The lowest BCUT2D eigenvalue weighted by atomic mass is 9.91. The maximum atomic E-state index is 4.36. The molecule has 0 spiro atoms. The standard InChI is InChI=1S/C22H27N5.HI/c1-23-22(24-14-13-18-15-26-27(2)17-18)25-16-21(19-9-5-3-6-10-19)20-11-7-4-8-12-20;/h3-12,15,17,21H,13-14,16H2,1-2H3,(H2,23,24,25);1H. The van der Waals surface area contributed by atoms with E-state index in [4.69, 9.17) is 0 Å². The molecule has 2 aromatic carbocycles. The minimum Gasteiger partial charge on any atom is -0.356 e. The summed E-state index contributed by atoms with van der Waals surface area (Å²) in [6, 6.07) is 21.2. The first kappa shape index (κ1) is 21.9. The number of nitrogens with one attached hydrogen (secondary N) is 2. The fourth-order valence-electron chi connectivity index (χ4n) is 3.14. The van der Waals surface area contributed by atoms with Gasteiger partial charge in [-0.3, -0.25) is 9.67 Å². The molecule has 0 aliphatic heterocycles. The third-order valence-corrected chi connectivity index (χ3v) is 4.57. The van der Waals surface area contributed by atoms with E-state index in [2.05, 4.69) is 81.4 Å². The molecule has 0 saturated heterocycles. The average molecular weight is 489 g/mol. The summed E-state index contributed by atoms with van der Waals surface area (Å²) >= 11 is 0. The molecule has 6 heteroatoms. The largest absolute Gasteiger partial charge is 0.356 e. The summed E-state index contributed by atoms with van der Waals surface area (Å²) in [5.41, 5.74) is 3.80. The summed E-state index contributed by atoms with van der Waals surface area (Å²) < 4.78 is 1.83. The maximum Gasteiger partial charge on any atom is 0.191 e. The summed E-state index contributed by atoms with van der Waals surface area (Å²) in [5, 5.41) is 11.1. The molecule has 0 saturated carbocycles. The Hall–Kier alpha value is -2.35. The molecule has 0 amide bonds. The highest BCUT2D eigenvalue weighted by atomic mass is 127. The molecule has 0 aliphatic rings. The van der Waals surface area contributed by atoms with Crippen LogP contribution in [0.2, 0.25) is 0 Å². The Morgan fingerprint density at radius 2 is 1.61 bits per heavy atom. The van der Waals surface area contributed by atoms with Crippen LogP contribution in [0.3, 0.4) is 0 Å². The monoisotopic (exact) mass is 489 g/mol. The van der Waals surface area contributed by atoms with Gasteiger partial charge in [-0.15, -0.1) is 24.0 Å². The van der Waals surface area contributed by atoms with E-state index in [-0.39, 0.29) is 29.9 Å². The summed E-state index contributed by atoms with van der Waals surface area (Å²) in [5.74, 6) is 1.08. The maximum absolute atomic E-state index is 4.36. The number of rotatable bonds is 7. The van der Waals surface area contributed by atoms with Crippen molar-refractivity contribution < 1.29 is 0 Å². The van der Waals surface area contributed by atoms with Crippen LogP contribution in [0, 0.1) is 0 Å². The van der Waals surface area contributed by atoms with Gasteiger partial charge in [0, 0.05) is 39.3 Å². The van der Waals surface area contributed by atoms with Crippen LogP contribution in [0.4, 0.5) is 0 Å². The van der Waals surface area contributed by atoms with Gasteiger partial charge in [0.15, 0.2) is 5.96 Å². The number of hydrogen-bond donors (Lipinski definition) is 2. The summed E-state index contributed by atoms with van der Waals surface area (Å²) in [4.78, 5) is 4.36. The number of hydrogen-bond acceptors (Lipinski definition) is 2. The Balaban J connectivity index is 0.00000280. The van der Waals surface area contributed by atoms with Crippen LogP contribution >= 0.6 is 24.0 Å². The summed E-state index contributed by atoms with van der Waals surface area (Å²) in [6.45, 7) is 1.59. The zero-order valence-electron chi connectivity index (χ0n) is 16.4. The van der Waals surface area contributed by atoms with Crippen LogP contribution < -0.4 is 10.6 Å². The molecule has 5 nitrogen and oxygen atoms in total. The molecule has 0 aliphatic carbocycles. The summed E-state index contributed by atoms with van der Waals surface area (Å²) in [6.07, 6.45) is 4.85. The fraction of sp³-hybridized carbons (Fsp3) is 0.273. The lowest BCUT2D eigenvalue weighted by Crippen LogP contribution is -2.40. The second-order valence-electron chi connectivity index (χ2n) is 6.53. The van der Waals surface area contributed by atoms with Crippen molar-refractivity contribution in [2.45, 2.75) is 12.3 Å². The van der Waals surface area contributed by atoms with Crippen LogP contribution in [0.15, 0.2) is 78.0 Å². The predicted molar refractivity (Wildman–Crippen MR) is 126 cm³/mol. The first-order valence-corrected chi connectivity index (χ1v) is 9.28. The summed E-state index contributed by atoms with van der Waals surface area (Å²) in [7, 11) is 3.74. The second kappa shape index (κ2) is 11.5. The molecule has 148 valence electrons. The topological polar surface area (TPSA) is 54.2 Å². The Bertz CT molecular complexity index is 806. The van der Waals surface area contributed by atoms with Crippen molar-refractivity contribution in [2.75, 3.05) is 20.1 Å². The Morgan fingerprint density at radius 3 is 2.11 bits per heavy atom. The van der Waals surface area contributed by atoms with E-state index in [1.807, 2.05) is 24.1 Å². The normalized spacial score (nSPS) is 11.2. The van der Waals surface area contributed by atoms with E-state index in [0.29, 0.717) is 0 Å². The van der Waals surface area contributed by atoms with Crippen LogP contribution in [0.25, 0.3) is 0 Å². The zero-order chi connectivity index (χ0) is 18.9. The molecule has 1 aromatic heterocycles. The van der Waals surface area contributed by atoms with Gasteiger partial charge in [0.1, 0.15) is 0 Å². The number of nitrogens with zero attached hydrogens (tertiary/aromatic N) is 3. The molecule has 0 atom stereocenters. The molecular weight excluding hydrogens is 461 g/mol. The third kappa shape index (κ3) is 6.37. The minimum absolute atomic E-state index is 0. The Morgan fingerprint density at radius 1 is 1.00 bits per heavy atom. The van der Waals surface area contributed by atoms with Crippen molar-refractivity contribution in [3.63, 3.8) is 0 Å². The predicted octanol–water partition coefficient (Wildman–Crippen LogP) is 3.58. The van der Waals surface area contributed by atoms with Gasteiger partial charge in [0.25, 0.3) is 0 Å². The molecule has 0 bridgehead atoms. The Kier molecular flexibility index (Phi) is 9.00. The third-order valence-electron chi connectivity index (χ3n) is 4.57. The van der Waals surface area contributed by atoms with Crippen LogP contribution in [0.5, 0.6) is 0 Å². The van der Waals surface area contributed by atoms with Gasteiger partial charge in [0.05, 0.1) is 6.20 Å². The van der Waals surface area contributed by atoms with Gasteiger partial charge in [-0.05, 0) is 23.1 Å². The molecule has 3 rings (SSSR count). The molecule has 3 aromatic rings. The van der Waals surface area contributed by atoms with Gasteiger partial charge in [-0.1, -0.05) is 60.7 Å². The van der Waals surface area contributed by atoms with E-state index >= 15 is 0 Å². The van der Waals surface area contributed by atoms with Crippen LogP contribution in [-0.2, 0) is 13.5 Å². The zero-order valence-corrected chi connectivity index (χ0v) is 18.7. The number of benzene rings is 2. The van der Waals surface area contributed by atoms with Gasteiger partial charge >= 0.3 is 0 Å².